The molecule has 5 heteroatoms. The maximum absolute atomic E-state index is 9.00. The van der Waals surface area contributed by atoms with Crippen molar-refractivity contribution in [2.45, 2.75) is 19.3 Å². The molecule has 0 saturated carbocycles. The molecule has 0 saturated heterocycles. The van der Waals surface area contributed by atoms with Crippen LogP contribution in [0.15, 0.2) is 91.0 Å². The van der Waals surface area contributed by atoms with E-state index in [9.17, 15) is 0 Å². The zero-order valence-electron chi connectivity index (χ0n) is 16.7. The van der Waals surface area contributed by atoms with Crippen LogP contribution in [0.4, 0.5) is 0 Å². The molecule has 0 aliphatic carbocycles. The Morgan fingerprint density at radius 1 is 0.655 bits per heavy atom. The standard InChI is InChI=1S/C20H19P.2C2H4O2/c21-16-20(17-10-4-1-5-11-17,18-12-6-2-7-13-18)19-14-8-3-9-15-19;2*1-2(3)4/h1-15H,16,21H2;2*1H3,(H,3,4). The molecule has 29 heavy (non-hydrogen) atoms. The second-order valence-corrected chi connectivity index (χ2v) is 6.65. The first kappa shape index (κ1) is 24.1. The maximum atomic E-state index is 9.00. The van der Waals surface area contributed by atoms with Crippen molar-refractivity contribution in [3.8, 4) is 0 Å². The summed E-state index contributed by atoms with van der Waals surface area (Å²) in [7, 11) is 2.94. The van der Waals surface area contributed by atoms with Gasteiger partial charge in [-0.1, -0.05) is 91.0 Å². The zero-order chi connectivity index (χ0) is 21.7. The van der Waals surface area contributed by atoms with E-state index in [2.05, 4.69) is 100 Å². The Morgan fingerprint density at radius 2 is 0.862 bits per heavy atom. The van der Waals surface area contributed by atoms with E-state index in [1.54, 1.807) is 0 Å². The summed E-state index contributed by atoms with van der Waals surface area (Å²) >= 11 is 0. The van der Waals surface area contributed by atoms with Gasteiger partial charge in [-0.05, 0) is 22.9 Å². The molecule has 0 bridgehead atoms. The molecule has 152 valence electrons. The number of carboxylic acids is 2. The first-order chi connectivity index (χ1) is 13.8. The summed E-state index contributed by atoms with van der Waals surface area (Å²) in [6, 6.07) is 32.3. The van der Waals surface area contributed by atoms with Gasteiger partial charge < -0.3 is 10.2 Å². The quantitative estimate of drug-likeness (QED) is 0.465. The lowest BCUT2D eigenvalue weighted by molar-refractivity contribution is -0.135. The number of hydrogen-bond acceptors (Lipinski definition) is 2. The lowest BCUT2D eigenvalue weighted by Crippen LogP contribution is -2.31. The molecule has 3 rings (SSSR count). The fourth-order valence-corrected chi connectivity index (χ4v) is 3.73. The molecule has 2 N–H and O–H groups in total. The summed E-state index contributed by atoms with van der Waals surface area (Å²) in [6.45, 7) is 2.17. The number of benzene rings is 3. The Bertz CT molecular complexity index is 748. The van der Waals surface area contributed by atoms with Gasteiger partial charge in [0.1, 0.15) is 0 Å². The minimum Gasteiger partial charge on any atom is -0.481 e. The lowest BCUT2D eigenvalue weighted by atomic mass is 9.71. The highest BCUT2D eigenvalue weighted by Crippen LogP contribution is 2.40. The van der Waals surface area contributed by atoms with Crippen molar-refractivity contribution < 1.29 is 19.8 Å². The molecule has 3 aromatic carbocycles. The van der Waals surface area contributed by atoms with Gasteiger partial charge in [-0.15, -0.1) is 9.24 Å². The average molecular weight is 410 g/mol. The molecule has 4 nitrogen and oxygen atoms in total. The van der Waals surface area contributed by atoms with Crippen LogP contribution in [0.2, 0.25) is 0 Å². The Labute approximate surface area is 174 Å². The van der Waals surface area contributed by atoms with Gasteiger partial charge in [0.2, 0.25) is 0 Å². The van der Waals surface area contributed by atoms with Crippen LogP contribution in [0.3, 0.4) is 0 Å². The average Bonchev–Trinajstić information content (AvgIpc) is 2.71. The molecule has 1 atom stereocenters. The normalized spacial score (nSPS) is 9.90. The largest absolute Gasteiger partial charge is 0.481 e. The molecule has 0 fully saturated rings. The van der Waals surface area contributed by atoms with Crippen molar-refractivity contribution in [3.05, 3.63) is 108 Å². The molecule has 0 aliphatic rings. The molecular formula is C24H27O4P. The molecule has 0 amide bonds. The Morgan fingerprint density at radius 3 is 1.03 bits per heavy atom. The zero-order valence-corrected chi connectivity index (χ0v) is 17.8. The van der Waals surface area contributed by atoms with Crippen LogP contribution in [0.5, 0.6) is 0 Å². The van der Waals surface area contributed by atoms with E-state index >= 15 is 0 Å². The van der Waals surface area contributed by atoms with Gasteiger partial charge in [0.15, 0.2) is 0 Å². The van der Waals surface area contributed by atoms with Crippen molar-refractivity contribution in [1.82, 2.24) is 0 Å². The lowest BCUT2D eigenvalue weighted by Gasteiger charge is -2.35. The van der Waals surface area contributed by atoms with Crippen molar-refractivity contribution in [2.24, 2.45) is 0 Å². The summed E-state index contributed by atoms with van der Waals surface area (Å²) in [4.78, 5) is 18.0. The van der Waals surface area contributed by atoms with Crippen molar-refractivity contribution in [2.75, 3.05) is 6.16 Å². The second kappa shape index (κ2) is 12.5. The smallest absolute Gasteiger partial charge is 0.300 e. The van der Waals surface area contributed by atoms with E-state index in [0.29, 0.717) is 0 Å². The van der Waals surface area contributed by atoms with Crippen molar-refractivity contribution in [1.29, 1.82) is 0 Å². The molecule has 1 unspecified atom stereocenters. The molecule has 0 aliphatic heterocycles. The minimum absolute atomic E-state index is 0.117. The fourth-order valence-electron chi connectivity index (χ4n) is 3.02. The van der Waals surface area contributed by atoms with E-state index < -0.39 is 11.9 Å². The Balaban J connectivity index is 0.000000452. The van der Waals surface area contributed by atoms with Gasteiger partial charge in [0.05, 0.1) is 0 Å². The third kappa shape index (κ3) is 7.52. The second-order valence-electron chi connectivity index (χ2n) is 6.25. The number of carboxylic acid groups (broad SMARTS) is 2. The van der Waals surface area contributed by atoms with Gasteiger partial charge >= 0.3 is 0 Å². The monoisotopic (exact) mass is 410 g/mol. The van der Waals surface area contributed by atoms with Crippen LogP contribution in [0.1, 0.15) is 30.5 Å². The fraction of sp³-hybridized carbons (Fsp3) is 0.167. The third-order valence-corrected chi connectivity index (χ3v) is 4.72. The number of aliphatic carboxylic acids is 2. The van der Waals surface area contributed by atoms with Crippen LogP contribution < -0.4 is 0 Å². The number of rotatable bonds is 4. The summed E-state index contributed by atoms with van der Waals surface area (Å²) in [5.41, 5.74) is 3.88. The van der Waals surface area contributed by atoms with Gasteiger partial charge in [-0.25, -0.2) is 0 Å². The molecular weight excluding hydrogens is 383 g/mol. The van der Waals surface area contributed by atoms with E-state index in [1.807, 2.05) is 0 Å². The van der Waals surface area contributed by atoms with E-state index in [4.69, 9.17) is 19.8 Å². The Kier molecular flexibility index (Phi) is 10.4. The van der Waals surface area contributed by atoms with Crippen LogP contribution in [0, 0.1) is 0 Å². The maximum Gasteiger partial charge on any atom is 0.300 e. The summed E-state index contributed by atoms with van der Waals surface area (Å²) in [5.74, 6) is -1.67. The van der Waals surface area contributed by atoms with Crippen LogP contribution in [-0.4, -0.2) is 28.3 Å². The predicted octanol–water partition coefficient (Wildman–Crippen LogP) is 5.08. The number of carbonyl (C=O) groups is 2. The summed E-state index contributed by atoms with van der Waals surface area (Å²) in [5, 5.41) is 14.8. The third-order valence-electron chi connectivity index (χ3n) is 4.11. The molecule has 3 aromatic rings. The highest BCUT2D eigenvalue weighted by molar-refractivity contribution is 7.16. The topological polar surface area (TPSA) is 74.6 Å². The van der Waals surface area contributed by atoms with Gasteiger partial charge in [0, 0.05) is 19.3 Å². The van der Waals surface area contributed by atoms with Crippen molar-refractivity contribution in [3.63, 3.8) is 0 Å². The predicted molar refractivity (Wildman–Crippen MR) is 120 cm³/mol. The first-order valence-corrected chi connectivity index (χ1v) is 9.92. The highest BCUT2D eigenvalue weighted by Gasteiger charge is 2.34. The van der Waals surface area contributed by atoms with E-state index in [1.165, 1.54) is 16.7 Å². The highest BCUT2D eigenvalue weighted by atomic mass is 31.0. The molecule has 0 aromatic heterocycles. The van der Waals surface area contributed by atoms with Crippen molar-refractivity contribution >= 4 is 21.2 Å². The minimum atomic E-state index is -0.833. The summed E-state index contributed by atoms with van der Waals surface area (Å²) < 4.78 is 0. The number of hydrogen-bond donors (Lipinski definition) is 2. The Hall–Kier alpha value is -2.97. The van der Waals surface area contributed by atoms with E-state index in [-0.39, 0.29) is 5.41 Å². The van der Waals surface area contributed by atoms with Crippen LogP contribution in [-0.2, 0) is 15.0 Å². The molecule has 0 spiro atoms. The first-order valence-electron chi connectivity index (χ1n) is 9.10. The van der Waals surface area contributed by atoms with Gasteiger partial charge in [-0.2, -0.15) is 0 Å². The van der Waals surface area contributed by atoms with Gasteiger partial charge in [0.25, 0.3) is 11.9 Å². The van der Waals surface area contributed by atoms with Crippen LogP contribution >= 0.6 is 9.24 Å². The van der Waals surface area contributed by atoms with Gasteiger partial charge in [-0.3, -0.25) is 9.59 Å². The van der Waals surface area contributed by atoms with E-state index in [0.717, 1.165) is 20.0 Å². The molecule has 0 heterocycles. The van der Waals surface area contributed by atoms with Crippen LogP contribution in [0.25, 0.3) is 0 Å². The molecule has 0 radical (unpaired) electrons. The SMILES string of the molecule is CC(=O)O.CC(=O)O.PCC(c1ccccc1)(c1ccccc1)c1ccccc1. The summed E-state index contributed by atoms with van der Waals surface area (Å²) in [6.07, 6.45) is 0.949.